The fraction of sp³-hybridized carbons (Fsp3) is 0.417. The van der Waals surface area contributed by atoms with Gasteiger partial charge in [0.2, 0.25) is 0 Å². The van der Waals surface area contributed by atoms with Gasteiger partial charge in [-0.05, 0) is 31.8 Å². The van der Waals surface area contributed by atoms with Crippen LogP contribution >= 0.6 is 15.9 Å². The molecule has 0 aliphatic heterocycles. The number of rotatable bonds is 5. The van der Waals surface area contributed by atoms with Crippen molar-refractivity contribution in [2.45, 2.75) is 6.92 Å². The lowest BCUT2D eigenvalue weighted by atomic mass is 10.2. The summed E-state index contributed by atoms with van der Waals surface area (Å²) in [5.74, 6) is 0. The first-order valence-corrected chi connectivity index (χ1v) is 6.08. The molecule has 4 heteroatoms. The molecule has 0 spiro atoms. The van der Waals surface area contributed by atoms with Gasteiger partial charge in [0.05, 0.1) is 11.6 Å². The summed E-state index contributed by atoms with van der Waals surface area (Å²) in [6.45, 7) is 5.05. The Morgan fingerprint density at radius 3 is 2.81 bits per heavy atom. The second-order valence-corrected chi connectivity index (χ2v) is 4.58. The molecule has 0 bridgehead atoms. The van der Waals surface area contributed by atoms with Crippen LogP contribution in [0.1, 0.15) is 12.5 Å². The highest BCUT2D eigenvalue weighted by atomic mass is 79.9. The van der Waals surface area contributed by atoms with Gasteiger partial charge in [-0.1, -0.05) is 22.9 Å². The van der Waals surface area contributed by atoms with Crippen molar-refractivity contribution in [3.8, 4) is 6.07 Å². The molecule has 0 aromatic heterocycles. The van der Waals surface area contributed by atoms with Crippen LogP contribution in [-0.4, -0.2) is 31.6 Å². The Morgan fingerprint density at radius 2 is 2.19 bits per heavy atom. The Labute approximate surface area is 105 Å². The van der Waals surface area contributed by atoms with Crippen LogP contribution in [0.4, 0.5) is 5.69 Å². The first kappa shape index (κ1) is 13.0. The summed E-state index contributed by atoms with van der Waals surface area (Å²) < 4.78 is 0.929. The normalized spacial score (nSPS) is 10.2. The van der Waals surface area contributed by atoms with E-state index in [-0.39, 0.29) is 0 Å². The zero-order valence-corrected chi connectivity index (χ0v) is 11.2. The molecule has 1 aromatic rings. The van der Waals surface area contributed by atoms with Gasteiger partial charge in [0, 0.05) is 23.2 Å². The molecule has 0 atom stereocenters. The van der Waals surface area contributed by atoms with Crippen LogP contribution in [0.2, 0.25) is 0 Å². The maximum Gasteiger partial charge on any atom is 0.0992 e. The highest BCUT2D eigenvalue weighted by Crippen LogP contribution is 2.18. The van der Waals surface area contributed by atoms with Crippen molar-refractivity contribution in [3.63, 3.8) is 0 Å². The molecular formula is C12H16BrN3. The van der Waals surface area contributed by atoms with Crippen molar-refractivity contribution in [2.24, 2.45) is 0 Å². The molecule has 1 rings (SSSR count). The first-order valence-electron chi connectivity index (χ1n) is 5.28. The van der Waals surface area contributed by atoms with Gasteiger partial charge in [0.25, 0.3) is 0 Å². The number of likely N-dealkylation sites (N-methyl/N-ethyl adjacent to an activating group) is 1. The van der Waals surface area contributed by atoms with Crippen molar-refractivity contribution in [1.82, 2.24) is 4.90 Å². The molecular weight excluding hydrogens is 266 g/mol. The van der Waals surface area contributed by atoms with Gasteiger partial charge >= 0.3 is 0 Å². The second-order valence-electron chi connectivity index (χ2n) is 3.66. The van der Waals surface area contributed by atoms with Crippen molar-refractivity contribution in [2.75, 3.05) is 32.0 Å². The Morgan fingerprint density at radius 1 is 1.44 bits per heavy atom. The number of hydrogen-bond donors (Lipinski definition) is 1. The molecule has 3 nitrogen and oxygen atoms in total. The summed E-state index contributed by atoms with van der Waals surface area (Å²) in [5.41, 5.74) is 1.65. The van der Waals surface area contributed by atoms with E-state index < -0.39 is 0 Å². The Bertz CT molecular complexity index is 384. The lowest BCUT2D eigenvalue weighted by Crippen LogP contribution is -2.24. The van der Waals surface area contributed by atoms with Gasteiger partial charge in [-0.3, -0.25) is 0 Å². The first-order chi connectivity index (χ1) is 7.65. The van der Waals surface area contributed by atoms with Crippen LogP contribution in [-0.2, 0) is 0 Å². The smallest absolute Gasteiger partial charge is 0.0992 e. The highest BCUT2D eigenvalue weighted by Gasteiger charge is 1.99. The summed E-state index contributed by atoms with van der Waals surface area (Å²) in [6, 6.07) is 7.78. The molecule has 1 aromatic carbocycles. The van der Waals surface area contributed by atoms with Gasteiger partial charge in [-0.25, -0.2) is 0 Å². The largest absolute Gasteiger partial charge is 0.384 e. The van der Waals surface area contributed by atoms with Gasteiger partial charge in [0.1, 0.15) is 0 Å². The third kappa shape index (κ3) is 4.21. The third-order valence-corrected chi connectivity index (χ3v) is 2.85. The van der Waals surface area contributed by atoms with Crippen molar-refractivity contribution in [3.05, 3.63) is 28.2 Å². The molecule has 0 unspecified atom stereocenters. The van der Waals surface area contributed by atoms with Gasteiger partial charge in [-0.2, -0.15) is 5.26 Å². The average Bonchev–Trinajstić information content (AvgIpc) is 2.28. The summed E-state index contributed by atoms with van der Waals surface area (Å²) in [7, 11) is 2.09. The molecule has 1 N–H and O–H groups in total. The maximum absolute atomic E-state index is 8.83. The second kappa shape index (κ2) is 6.51. The molecule has 0 aliphatic carbocycles. The van der Waals surface area contributed by atoms with E-state index in [1.165, 1.54) is 0 Å². The van der Waals surface area contributed by atoms with E-state index in [4.69, 9.17) is 5.26 Å². The molecule has 0 amide bonds. The van der Waals surface area contributed by atoms with E-state index in [0.29, 0.717) is 5.56 Å². The van der Waals surface area contributed by atoms with Crippen molar-refractivity contribution < 1.29 is 0 Å². The predicted octanol–water partition coefficient (Wildman–Crippen LogP) is 2.68. The van der Waals surface area contributed by atoms with Crippen LogP contribution < -0.4 is 5.32 Å². The van der Waals surface area contributed by atoms with Crippen LogP contribution in [0, 0.1) is 11.3 Å². The summed E-state index contributed by atoms with van der Waals surface area (Å²) in [6.07, 6.45) is 0. The van der Waals surface area contributed by atoms with E-state index in [1.807, 2.05) is 18.2 Å². The summed E-state index contributed by atoms with van der Waals surface area (Å²) >= 11 is 3.39. The quantitative estimate of drug-likeness (QED) is 0.902. The Balaban J connectivity index is 2.54. The minimum atomic E-state index is 0.667. The molecule has 16 heavy (non-hydrogen) atoms. The van der Waals surface area contributed by atoms with Crippen LogP contribution in [0.3, 0.4) is 0 Å². The minimum Gasteiger partial charge on any atom is -0.384 e. The monoisotopic (exact) mass is 281 g/mol. The number of nitrogens with one attached hydrogen (secondary N) is 1. The lowest BCUT2D eigenvalue weighted by Gasteiger charge is -2.14. The highest BCUT2D eigenvalue weighted by molar-refractivity contribution is 9.10. The van der Waals surface area contributed by atoms with Crippen molar-refractivity contribution in [1.29, 1.82) is 5.26 Å². The molecule has 86 valence electrons. The van der Waals surface area contributed by atoms with E-state index in [2.05, 4.69) is 46.2 Å². The predicted molar refractivity (Wildman–Crippen MR) is 70.5 cm³/mol. The zero-order chi connectivity index (χ0) is 12.0. The molecule has 0 fully saturated rings. The SMILES string of the molecule is CCN(C)CCNc1cc(Br)cc(C#N)c1. The topological polar surface area (TPSA) is 39.1 Å². The summed E-state index contributed by atoms with van der Waals surface area (Å²) in [4.78, 5) is 2.23. The average molecular weight is 282 g/mol. The molecule has 0 saturated heterocycles. The third-order valence-electron chi connectivity index (χ3n) is 2.39. The number of halogens is 1. The zero-order valence-electron chi connectivity index (χ0n) is 9.63. The van der Waals surface area contributed by atoms with E-state index in [0.717, 1.165) is 29.8 Å². The molecule has 0 saturated carbocycles. The van der Waals surface area contributed by atoms with E-state index in [9.17, 15) is 0 Å². The van der Waals surface area contributed by atoms with Gasteiger partial charge in [-0.15, -0.1) is 0 Å². The number of anilines is 1. The van der Waals surface area contributed by atoms with Crippen LogP contribution in [0.25, 0.3) is 0 Å². The van der Waals surface area contributed by atoms with Crippen molar-refractivity contribution >= 4 is 21.6 Å². The Hall–Kier alpha value is -1.05. The van der Waals surface area contributed by atoms with Crippen LogP contribution in [0.5, 0.6) is 0 Å². The van der Waals surface area contributed by atoms with Crippen LogP contribution in [0.15, 0.2) is 22.7 Å². The lowest BCUT2D eigenvalue weighted by molar-refractivity contribution is 0.367. The van der Waals surface area contributed by atoms with Gasteiger partial charge in [0.15, 0.2) is 0 Å². The molecule has 0 radical (unpaired) electrons. The number of nitrogens with zero attached hydrogens (tertiary/aromatic N) is 2. The number of nitriles is 1. The Kier molecular flexibility index (Phi) is 5.30. The summed E-state index contributed by atoms with van der Waals surface area (Å²) in [5, 5.41) is 12.1. The molecule has 0 aliphatic rings. The van der Waals surface area contributed by atoms with E-state index in [1.54, 1.807) is 0 Å². The fourth-order valence-corrected chi connectivity index (χ4v) is 1.80. The van der Waals surface area contributed by atoms with Gasteiger partial charge < -0.3 is 10.2 Å². The molecule has 0 heterocycles. The van der Waals surface area contributed by atoms with E-state index >= 15 is 0 Å². The number of benzene rings is 1. The number of hydrogen-bond acceptors (Lipinski definition) is 3. The standard InChI is InChI=1S/C12H16BrN3/c1-3-16(2)5-4-15-12-7-10(9-14)6-11(13)8-12/h6-8,15H,3-5H2,1-2H3. The minimum absolute atomic E-state index is 0.667. The maximum atomic E-state index is 8.83. The fourth-order valence-electron chi connectivity index (χ4n) is 1.31.